The van der Waals surface area contributed by atoms with E-state index in [1.165, 1.54) is 5.56 Å². The monoisotopic (exact) mass is 436 g/mol. The fourth-order valence-corrected chi connectivity index (χ4v) is 4.59. The SMILES string of the molecule is CC(NC(=O)c1ccc(CN2CCN(Cc3ccccc3)CC2)[nH]c1=O)c1cccs1. The number of piperazine rings is 1. The Morgan fingerprint density at radius 1 is 1.00 bits per heavy atom. The van der Waals surface area contributed by atoms with Gasteiger partial charge in [0.05, 0.1) is 6.04 Å². The highest BCUT2D eigenvalue weighted by Crippen LogP contribution is 2.18. The number of benzene rings is 1. The van der Waals surface area contributed by atoms with Crippen LogP contribution in [0, 0.1) is 0 Å². The van der Waals surface area contributed by atoms with Crippen LogP contribution in [0.25, 0.3) is 0 Å². The minimum Gasteiger partial charge on any atom is -0.345 e. The first kappa shape index (κ1) is 21.5. The van der Waals surface area contributed by atoms with Gasteiger partial charge in [-0.3, -0.25) is 19.4 Å². The van der Waals surface area contributed by atoms with Gasteiger partial charge in [-0.2, -0.15) is 0 Å². The van der Waals surface area contributed by atoms with Gasteiger partial charge in [-0.1, -0.05) is 36.4 Å². The molecule has 3 aromatic rings. The number of rotatable bonds is 7. The Balaban J connectivity index is 1.29. The van der Waals surface area contributed by atoms with Crippen LogP contribution in [-0.2, 0) is 13.1 Å². The van der Waals surface area contributed by atoms with Gasteiger partial charge in [0, 0.05) is 49.8 Å². The summed E-state index contributed by atoms with van der Waals surface area (Å²) >= 11 is 1.59. The fourth-order valence-electron chi connectivity index (χ4n) is 3.86. The Kier molecular flexibility index (Phi) is 6.96. The average molecular weight is 437 g/mol. The molecule has 1 aliphatic rings. The maximum absolute atomic E-state index is 12.5. The molecule has 1 amide bonds. The van der Waals surface area contributed by atoms with E-state index in [0.29, 0.717) is 6.54 Å². The Labute approximate surface area is 186 Å². The summed E-state index contributed by atoms with van der Waals surface area (Å²) in [6.07, 6.45) is 0. The van der Waals surface area contributed by atoms with E-state index < -0.39 is 0 Å². The largest absolute Gasteiger partial charge is 0.345 e. The standard InChI is InChI=1S/C24H28N4O2S/c1-18(22-8-5-15-31-22)25-23(29)21-10-9-20(26-24(21)30)17-28-13-11-27(12-14-28)16-19-6-3-2-4-7-19/h2-10,15,18H,11-14,16-17H2,1H3,(H,25,29)(H,26,30). The van der Waals surface area contributed by atoms with Gasteiger partial charge < -0.3 is 10.3 Å². The zero-order chi connectivity index (χ0) is 21.6. The van der Waals surface area contributed by atoms with Crippen LogP contribution in [0.5, 0.6) is 0 Å². The molecule has 7 heteroatoms. The summed E-state index contributed by atoms with van der Waals surface area (Å²) < 4.78 is 0. The number of hydrogen-bond donors (Lipinski definition) is 2. The lowest BCUT2D eigenvalue weighted by Crippen LogP contribution is -2.45. The Bertz CT molecular complexity index is 1040. The van der Waals surface area contributed by atoms with Crippen LogP contribution in [-0.4, -0.2) is 46.9 Å². The van der Waals surface area contributed by atoms with Crippen molar-refractivity contribution in [2.45, 2.75) is 26.1 Å². The van der Waals surface area contributed by atoms with Crippen molar-refractivity contribution in [3.63, 3.8) is 0 Å². The van der Waals surface area contributed by atoms with E-state index in [9.17, 15) is 9.59 Å². The lowest BCUT2D eigenvalue weighted by atomic mass is 10.2. The third-order valence-corrected chi connectivity index (χ3v) is 6.69. The molecule has 0 aliphatic carbocycles. The lowest BCUT2D eigenvalue weighted by Gasteiger charge is -2.34. The first-order chi connectivity index (χ1) is 15.1. The van der Waals surface area contributed by atoms with Crippen LogP contribution in [0.1, 0.15) is 39.5 Å². The maximum Gasteiger partial charge on any atom is 0.261 e. The number of thiophene rings is 1. The van der Waals surface area contributed by atoms with Gasteiger partial charge in [0.1, 0.15) is 5.56 Å². The predicted molar refractivity (Wildman–Crippen MR) is 124 cm³/mol. The third-order valence-electron chi connectivity index (χ3n) is 5.64. The van der Waals surface area contributed by atoms with Crippen LogP contribution in [0.15, 0.2) is 64.8 Å². The van der Waals surface area contributed by atoms with Gasteiger partial charge in [-0.15, -0.1) is 11.3 Å². The molecule has 0 spiro atoms. The molecule has 1 fully saturated rings. The number of amides is 1. The second-order valence-electron chi connectivity index (χ2n) is 7.97. The van der Waals surface area contributed by atoms with Crippen LogP contribution in [0.3, 0.4) is 0 Å². The lowest BCUT2D eigenvalue weighted by molar-refractivity contribution is 0.0938. The highest BCUT2D eigenvalue weighted by atomic mass is 32.1. The van der Waals surface area contributed by atoms with Gasteiger partial charge in [0.2, 0.25) is 0 Å². The smallest absolute Gasteiger partial charge is 0.261 e. The zero-order valence-electron chi connectivity index (χ0n) is 17.7. The van der Waals surface area contributed by atoms with E-state index in [1.807, 2.05) is 36.6 Å². The molecule has 2 N–H and O–H groups in total. The number of aromatic amines is 1. The van der Waals surface area contributed by atoms with E-state index in [0.717, 1.165) is 43.3 Å². The van der Waals surface area contributed by atoms with Gasteiger partial charge in [-0.05, 0) is 36.1 Å². The zero-order valence-corrected chi connectivity index (χ0v) is 18.5. The summed E-state index contributed by atoms with van der Waals surface area (Å²) in [4.78, 5) is 33.8. The number of nitrogens with one attached hydrogen (secondary N) is 2. The van der Waals surface area contributed by atoms with Gasteiger partial charge in [0.15, 0.2) is 0 Å². The summed E-state index contributed by atoms with van der Waals surface area (Å²) in [5.41, 5.74) is 1.99. The van der Waals surface area contributed by atoms with Crippen molar-refractivity contribution in [1.82, 2.24) is 20.1 Å². The number of hydrogen-bond acceptors (Lipinski definition) is 5. The van der Waals surface area contributed by atoms with Crippen molar-refractivity contribution in [1.29, 1.82) is 0 Å². The van der Waals surface area contributed by atoms with Crippen molar-refractivity contribution in [3.8, 4) is 0 Å². The summed E-state index contributed by atoms with van der Waals surface area (Å²) in [6.45, 7) is 7.48. The van der Waals surface area contributed by atoms with Crippen LogP contribution >= 0.6 is 11.3 Å². The first-order valence-electron chi connectivity index (χ1n) is 10.6. The Morgan fingerprint density at radius 2 is 1.71 bits per heavy atom. The van der Waals surface area contributed by atoms with E-state index in [2.05, 4.69) is 44.4 Å². The molecular formula is C24H28N4O2S. The van der Waals surface area contributed by atoms with Gasteiger partial charge in [0.25, 0.3) is 11.5 Å². The van der Waals surface area contributed by atoms with Crippen LogP contribution in [0.2, 0.25) is 0 Å². The second kappa shape index (κ2) is 10.0. The number of carbonyl (C=O) groups is 1. The van der Waals surface area contributed by atoms with Gasteiger partial charge in [-0.25, -0.2) is 0 Å². The summed E-state index contributed by atoms with van der Waals surface area (Å²) in [5.74, 6) is -0.344. The molecule has 1 saturated heterocycles. The molecule has 6 nitrogen and oxygen atoms in total. The highest BCUT2D eigenvalue weighted by Gasteiger charge is 2.19. The number of H-pyrrole nitrogens is 1. The van der Waals surface area contributed by atoms with E-state index >= 15 is 0 Å². The minimum absolute atomic E-state index is 0.126. The molecule has 1 atom stereocenters. The van der Waals surface area contributed by atoms with Crippen molar-refractivity contribution >= 4 is 17.2 Å². The molecule has 1 aromatic carbocycles. The average Bonchev–Trinajstić information content (AvgIpc) is 3.31. The van der Waals surface area contributed by atoms with Crippen molar-refractivity contribution in [3.05, 3.63) is 92.0 Å². The molecule has 162 valence electrons. The number of carbonyl (C=O) groups excluding carboxylic acids is 1. The Morgan fingerprint density at radius 3 is 2.35 bits per heavy atom. The molecule has 0 radical (unpaired) electrons. The van der Waals surface area contributed by atoms with Crippen LogP contribution in [0.4, 0.5) is 0 Å². The predicted octanol–water partition coefficient (Wildman–Crippen LogP) is 3.25. The molecular weight excluding hydrogens is 408 g/mol. The van der Waals surface area contributed by atoms with Gasteiger partial charge >= 0.3 is 0 Å². The summed E-state index contributed by atoms with van der Waals surface area (Å²) in [5, 5.41) is 4.87. The van der Waals surface area contributed by atoms with Crippen molar-refractivity contribution in [2.75, 3.05) is 26.2 Å². The second-order valence-corrected chi connectivity index (χ2v) is 8.95. The molecule has 3 heterocycles. The topological polar surface area (TPSA) is 68.4 Å². The molecule has 1 aliphatic heterocycles. The van der Waals surface area contributed by atoms with E-state index in [-0.39, 0.29) is 23.1 Å². The molecule has 31 heavy (non-hydrogen) atoms. The molecule has 2 aromatic heterocycles. The summed E-state index contributed by atoms with van der Waals surface area (Å²) in [7, 11) is 0. The molecule has 4 rings (SSSR count). The number of pyridine rings is 1. The minimum atomic E-state index is -0.344. The van der Waals surface area contributed by atoms with Crippen molar-refractivity contribution < 1.29 is 4.79 Å². The van der Waals surface area contributed by atoms with E-state index in [1.54, 1.807) is 17.4 Å². The molecule has 0 saturated carbocycles. The van der Waals surface area contributed by atoms with E-state index in [4.69, 9.17) is 0 Å². The van der Waals surface area contributed by atoms with Crippen LogP contribution < -0.4 is 10.9 Å². The van der Waals surface area contributed by atoms with Crippen molar-refractivity contribution in [2.24, 2.45) is 0 Å². The fraction of sp³-hybridized carbons (Fsp3) is 0.333. The Hall–Kier alpha value is -2.74. The molecule has 1 unspecified atom stereocenters. The number of nitrogens with zero attached hydrogens (tertiary/aromatic N) is 2. The normalized spacial score (nSPS) is 16.2. The summed E-state index contributed by atoms with van der Waals surface area (Å²) in [6, 6.07) is 17.8. The third kappa shape index (κ3) is 5.70. The highest BCUT2D eigenvalue weighted by molar-refractivity contribution is 7.10. The first-order valence-corrected chi connectivity index (χ1v) is 11.5. The maximum atomic E-state index is 12.5. The molecule has 0 bridgehead atoms. The quantitative estimate of drug-likeness (QED) is 0.597. The number of aromatic nitrogens is 1.